The summed E-state index contributed by atoms with van der Waals surface area (Å²) in [4.78, 5) is 18.0. The van der Waals surface area contributed by atoms with Crippen molar-refractivity contribution in [1.29, 1.82) is 0 Å². The Labute approximate surface area is 233 Å². The number of carbonyl (C=O) groups excluding carboxylic acids is 1. The summed E-state index contributed by atoms with van der Waals surface area (Å²) in [5, 5.41) is 0. The van der Waals surface area contributed by atoms with Crippen molar-refractivity contribution in [3.05, 3.63) is 125 Å². The molecule has 1 aliphatic heterocycles. The van der Waals surface area contributed by atoms with E-state index in [-0.39, 0.29) is 23.4 Å². The number of hydrogen-bond donors (Lipinski definition) is 0. The van der Waals surface area contributed by atoms with E-state index < -0.39 is 42.0 Å². The van der Waals surface area contributed by atoms with E-state index >= 15 is 0 Å². The van der Waals surface area contributed by atoms with Crippen LogP contribution in [-0.4, -0.2) is 18.0 Å². The number of nitrogens with zero attached hydrogens (tertiary/aromatic N) is 1. The zero-order chi connectivity index (χ0) is 29.1. The predicted octanol–water partition coefficient (Wildman–Crippen LogP) is 8.39. The maximum Gasteiger partial charge on any atom is 0.573 e. The summed E-state index contributed by atoms with van der Waals surface area (Å²) in [6.45, 7) is 1.75. The van der Waals surface area contributed by atoms with E-state index in [1.807, 2.05) is 30.3 Å². The molecule has 0 aliphatic carbocycles. The van der Waals surface area contributed by atoms with Crippen LogP contribution in [0.25, 0.3) is 11.1 Å². The van der Waals surface area contributed by atoms with Crippen LogP contribution in [0.4, 0.5) is 22.0 Å². The monoisotopic (exact) mass is 565 g/mol. The molecule has 9 heteroatoms. The van der Waals surface area contributed by atoms with Gasteiger partial charge in [-0.3, -0.25) is 9.79 Å². The molecule has 4 aromatic rings. The summed E-state index contributed by atoms with van der Waals surface area (Å²) in [5.41, 5.74) is 2.61. The first-order valence-electron chi connectivity index (χ1n) is 12.8. The van der Waals surface area contributed by atoms with Crippen molar-refractivity contribution in [3.8, 4) is 16.9 Å². The summed E-state index contributed by atoms with van der Waals surface area (Å²) in [6.07, 6.45) is -5.36. The van der Waals surface area contributed by atoms with Gasteiger partial charge >= 0.3 is 12.3 Å². The van der Waals surface area contributed by atoms with Gasteiger partial charge in [0.25, 0.3) is 0 Å². The molecule has 0 radical (unpaired) electrons. The highest BCUT2D eigenvalue weighted by atomic mass is 19.4. The molecule has 0 aromatic heterocycles. The Hall–Kier alpha value is -4.53. The maximum absolute atomic E-state index is 14.6. The molecular weight excluding hydrogens is 541 g/mol. The molecule has 4 nitrogen and oxygen atoms in total. The SMILES string of the molecule is CC(OC(=O)C1CC(c2c(F)cccc2F)=NC1c1ccc(-c2ccc(OC(F)(F)F)cc2)cc1)c1ccccc1. The molecule has 3 atom stereocenters. The van der Waals surface area contributed by atoms with Crippen molar-refractivity contribution in [2.75, 3.05) is 0 Å². The Morgan fingerprint density at radius 1 is 0.829 bits per heavy atom. The van der Waals surface area contributed by atoms with E-state index in [0.717, 1.165) is 17.7 Å². The van der Waals surface area contributed by atoms with Crippen LogP contribution in [0.2, 0.25) is 0 Å². The van der Waals surface area contributed by atoms with Gasteiger partial charge in [0.05, 0.1) is 17.5 Å². The van der Waals surface area contributed by atoms with E-state index in [4.69, 9.17) is 4.74 Å². The molecule has 41 heavy (non-hydrogen) atoms. The summed E-state index contributed by atoms with van der Waals surface area (Å²) in [5.74, 6) is -3.27. The Balaban J connectivity index is 1.42. The third kappa shape index (κ3) is 6.45. The molecule has 1 heterocycles. The van der Waals surface area contributed by atoms with Gasteiger partial charge in [0.2, 0.25) is 0 Å². The average molecular weight is 566 g/mol. The molecule has 0 N–H and O–H groups in total. The van der Waals surface area contributed by atoms with Crippen molar-refractivity contribution in [1.82, 2.24) is 0 Å². The highest BCUT2D eigenvalue weighted by Crippen LogP contribution is 2.40. The maximum atomic E-state index is 14.6. The first-order valence-corrected chi connectivity index (χ1v) is 12.8. The smallest absolute Gasteiger partial charge is 0.457 e. The summed E-state index contributed by atoms with van der Waals surface area (Å²) >= 11 is 0. The molecule has 0 fully saturated rings. The van der Waals surface area contributed by atoms with E-state index in [1.165, 1.54) is 30.3 Å². The van der Waals surface area contributed by atoms with Crippen LogP contribution in [0, 0.1) is 17.6 Å². The normalized spacial score (nSPS) is 17.6. The van der Waals surface area contributed by atoms with Crippen molar-refractivity contribution >= 4 is 11.7 Å². The van der Waals surface area contributed by atoms with E-state index in [1.54, 1.807) is 31.2 Å². The van der Waals surface area contributed by atoms with Crippen LogP contribution < -0.4 is 4.74 Å². The lowest BCUT2D eigenvalue weighted by atomic mass is 9.90. The topological polar surface area (TPSA) is 47.9 Å². The van der Waals surface area contributed by atoms with Gasteiger partial charge in [0.1, 0.15) is 23.5 Å². The Bertz CT molecular complexity index is 1530. The molecule has 0 amide bonds. The lowest BCUT2D eigenvalue weighted by molar-refractivity contribution is -0.274. The highest BCUT2D eigenvalue weighted by Gasteiger charge is 2.39. The van der Waals surface area contributed by atoms with Gasteiger partial charge in [-0.15, -0.1) is 13.2 Å². The van der Waals surface area contributed by atoms with E-state index in [2.05, 4.69) is 9.73 Å². The number of esters is 1. The summed E-state index contributed by atoms with van der Waals surface area (Å²) in [6, 6.07) is 24.3. The van der Waals surface area contributed by atoms with E-state index in [9.17, 15) is 26.7 Å². The van der Waals surface area contributed by atoms with E-state index in [0.29, 0.717) is 16.7 Å². The molecule has 4 aromatic carbocycles. The van der Waals surface area contributed by atoms with Crippen LogP contribution >= 0.6 is 0 Å². The first kappa shape index (κ1) is 28.0. The fraction of sp³-hybridized carbons (Fsp3) is 0.188. The second-order valence-electron chi connectivity index (χ2n) is 9.61. The predicted molar refractivity (Wildman–Crippen MR) is 143 cm³/mol. The second kappa shape index (κ2) is 11.5. The number of hydrogen-bond acceptors (Lipinski definition) is 4. The Morgan fingerprint density at radius 2 is 1.41 bits per heavy atom. The molecule has 0 spiro atoms. The molecule has 5 rings (SSSR count). The van der Waals surface area contributed by atoms with Gasteiger partial charge in [-0.05, 0) is 53.4 Å². The van der Waals surface area contributed by atoms with Gasteiger partial charge in [0.15, 0.2) is 0 Å². The van der Waals surface area contributed by atoms with Gasteiger partial charge in [-0.2, -0.15) is 0 Å². The molecule has 0 saturated carbocycles. The Morgan fingerprint density at radius 3 is 2.00 bits per heavy atom. The minimum absolute atomic E-state index is 0.0225. The zero-order valence-corrected chi connectivity index (χ0v) is 21.7. The van der Waals surface area contributed by atoms with Crippen molar-refractivity contribution in [2.24, 2.45) is 10.9 Å². The number of alkyl halides is 3. The summed E-state index contributed by atoms with van der Waals surface area (Å²) < 4.78 is 76.4. The van der Waals surface area contributed by atoms with Crippen LogP contribution in [0.3, 0.4) is 0 Å². The van der Waals surface area contributed by atoms with Crippen LogP contribution in [-0.2, 0) is 9.53 Å². The second-order valence-corrected chi connectivity index (χ2v) is 9.61. The standard InChI is InChI=1S/C32H24F5NO3/c1-19(20-6-3-2-4-7-20)40-31(39)25-18-28(29-26(33)8-5-9-27(29)34)38-30(25)23-12-10-21(11-13-23)22-14-16-24(17-15-22)41-32(35,36)37/h2-17,19,25,30H,18H2,1H3. The largest absolute Gasteiger partial charge is 0.573 e. The minimum Gasteiger partial charge on any atom is -0.457 e. The first-order chi connectivity index (χ1) is 19.6. The fourth-order valence-corrected chi connectivity index (χ4v) is 4.87. The molecule has 3 unspecified atom stereocenters. The van der Waals surface area contributed by atoms with Gasteiger partial charge in [-0.25, -0.2) is 8.78 Å². The number of aliphatic imine (C=N–C) groups is 1. The molecule has 1 aliphatic rings. The van der Waals surface area contributed by atoms with Crippen molar-refractivity contribution in [3.63, 3.8) is 0 Å². The lowest BCUT2D eigenvalue weighted by Crippen LogP contribution is -2.23. The number of carbonyl (C=O) groups is 1. The molecular formula is C32H24F5NO3. The van der Waals surface area contributed by atoms with Crippen molar-refractivity contribution < 1.29 is 36.2 Å². The Kier molecular flexibility index (Phi) is 7.88. The average Bonchev–Trinajstić information content (AvgIpc) is 3.38. The van der Waals surface area contributed by atoms with Gasteiger partial charge in [-0.1, -0.05) is 72.8 Å². The number of rotatable bonds is 7. The van der Waals surface area contributed by atoms with Crippen molar-refractivity contribution in [2.45, 2.75) is 31.9 Å². The van der Waals surface area contributed by atoms with Gasteiger partial charge < -0.3 is 9.47 Å². The third-order valence-electron chi connectivity index (χ3n) is 6.88. The highest BCUT2D eigenvalue weighted by molar-refractivity contribution is 6.04. The van der Waals surface area contributed by atoms with Gasteiger partial charge in [0, 0.05) is 12.1 Å². The summed E-state index contributed by atoms with van der Waals surface area (Å²) in [7, 11) is 0. The van der Waals surface area contributed by atoms with Crippen LogP contribution in [0.15, 0.2) is 102 Å². The third-order valence-corrected chi connectivity index (χ3v) is 6.88. The minimum atomic E-state index is -4.79. The number of benzene rings is 4. The molecule has 0 bridgehead atoms. The molecule has 210 valence electrons. The quantitative estimate of drug-likeness (QED) is 0.167. The van der Waals surface area contributed by atoms with Crippen LogP contribution in [0.1, 0.15) is 42.2 Å². The van der Waals surface area contributed by atoms with Crippen LogP contribution in [0.5, 0.6) is 5.75 Å². The number of halogens is 5. The lowest BCUT2D eigenvalue weighted by Gasteiger charge is -2.21. The zero-order valence-electron chi connectivity index (χ0n) is 21.7. The number of ether oxygens (including phenoxy) is 2. The molecule has 0 saturated heterocycles. The fourth-order valence-electron chi connectivity index (χ4n) is 4.87.